The Labute approximate surface area is 157 Å². The van der Waals surface area contributed by atoms with Crippen LogP contribution in [0.2, 0.25) is 0 Å². The van der Waals surface area contributed by atoms with E-state index in [1.165, 1.54) is 44.9 Å². The molecule has 0 amide bonds. The first-order valence-corrected chi connectivity index (χ1v) is 11.1. The normalized spacial score (nSPS) is 16.3. The molecule has 0 spiro atoms. The van der Waals surface area contributed by atoms with Crippen LogP contribution >= 0.6 is 7.82 Å². The van der Waals surface area contributed by atoms with Crippen molar-refractivity contribution in [3.63, 3.8) is 0 Å². The fourth-order valence-electron chi connectivity index (χ4n) is 2.23. The van der Waals surface area contributed by atoms with E-state index in [-0.39, 0.29) is 6.61 Å². The van der Waals surface area contributed by atoms with Gasteiger partial charge in [0, 0.05) is 6.61 Å². The zero-order valence-electron chi connectivity index (χ0n) is 15.9. The van der Waals surface area contributed by atoms with Crippen LogP contribution in [0.25, 0.3) is 0 Å². The molecule has 3 unspecified atom stereocenters. The molecule has 8 nitrogen and oxygen atoms in total. The molecule has 26 heavy (non-hydrogen) atoms. The van der Waals surface area contributed by atoms with Gasteiger partial charge in [0.15, 0.2) is 0 Å². The summed E-state index contributed by atoms with van der Waals surface area (Å²) in [6, 6.07) is 0. The van der Waals surface area contributed by atoms with Gasteiger partial charge in [-0.1, -0.05) is 58.3 Å². The van der Waals surface area contributed by atoms with E-state index < -0.39 is 39.9 Å². The number of phosphoric acid groups is 1. The number of unbranched alkanes of at least 4 members (excludes halogenated alkanes) is 8. The smallest absolute Gasteiger partial charge is 0.394 e. The Morgan fingerprint density at radius 1 is 0.808 bits per heavy atom. The van der Waals surface area contributed by atoms with Gasteiger partial charge in [-0.05, 0) is 6.42 Å². The summed E-state index contributed by atoms with van der Waals surface area (Å²) in [5, 5.41) is 27.3. The summed E-state index contributed by atoms with van der Waals surface area (Å²) >= 11 is 0. The Morgan fingerprint density at radius 2 is 1.31 bits per heavy atom. The van der Waals surface area contributed by atoms with Crippen molar-refractivity contribution in [2.24, 2.45) is 0 Å². The summed E-state index contributed by atoms with van der Waals surface area (Å²) in [5.41, 5.74) is 0. The fourth-order valence-corrected chi connectivity index (χ4v) is 3.03. The van der Waals surface area contributed by atoms with E-state index in [1.54, 1.807) is 0 Å². The summed E-state index contributed by atoms with van der Waals surface area (Å²) in [6.45, 7) is 1.22. The Bertz CT molecular complexity index is 356. The lowest BCUT2D eigenvalue weighted by atomic mass is 10.1. The predicted octanol–water partition coefficient (Wildman–Crippen LogP) is 2.38. The molecule has 0 radical (unpaired) electrons. The van der Waals surface area contributed by atoms with Crippen molar-refractivity contribution in [2.75, 3.05) is 33.0 Å². The largest absolute Gasteiger partial charge is 0.472 e. The second-order valence-corrected chi connectivity index (χ2v) is 7.91. The first-order valence-electron chi connectivity index (χ1n) is 9.58. The third-order valence-corrected chi connectivity index (χ3v) is 4.72. The topological polar surface area (TPSA) is 126 Å². The molecule has 0 aliphatic rings. The van der Waals surface area contributed by atoms with Crippen LogP contribution in [-0.4, -0.2) is 65.5 Å². The summed E-state index contributed by atoms with van der Waals surface area (Å²) in [7, 11) is -4.37. The number of phosphoric ester groups is 1. The minimum absolute atomic E-state index is 0.0102. The lowest BCUT2D eigenvalue weighted by Gasteiger charge is -2.16. The van der Waals surface area contributed by atoms with E-state index in [0.717, 1.165) is 12.8 Å². The Kier molecular flexibility index (Phi) is 17.0. The van der Waals surface area contributed by atoms with Gasteiger partial charge in [0.1, 0.15) is 12.2 Å². The average Bonchev–Trinajstić information content (AvgIpc) is 2.62. The molecular formula is C17H37O8P. The molecule has 0 heterocycles. The van der Waals surface area contributed by atoms with E-state index in [9.17, 15) is 14.6 Å². The minimum atomic E-state index is -4.37. The highest BCUT2D eigenvalue weighted by Crippen LogP contribution is 2.43. The number of hydrogen-bond donors (Lipinski definition) is 4. The van der Waals surface area contributed by atoms with E-state index in [4.69, 9.17) is 14.9 Å². The number of hydrogen-bond acceptors (Lipinski definition) is 7. The molecule has 0 aromatic rings. The van der Waals surface area contributed by atoms with E-state index >= 15 is 0 Å². The van der Waals surface area contributed by atoms with Gasteiger partial charge in [0.2, 0.25) is 0 Å². The maximum atomic E-state index is 11.5. The zero-order chi connectivity index (χ0) is 19.7. The maximum absolute atomic E-state index is 11.5. The Hall–Kier alpha value is -0.0500. The molecule has 158 valence electrons. The molecule has 0 bridgehead atoms. The molecule has 9 heteroatoms. The van der Waals surface area contributed by atoms with Crippen LogP contribution in [0.1, 0.15) is 64.7 Å². The predicted molar refractivity (Wildman–Crippen MR) is 98.9 cm³/mol. The summed E-state index contributed by atoms with van der Waals surface area (Å²) in [6.07, 6.45) is 8.66. The van der Waals surface area contributed by atoms with Crippen LogP contribution in [-0.2, 0) is 18.3 Å². The fraction of sp³-hybridized carbons (Fsp3) is 1.00. The van der Waals surface area contributed by atoms with Crippen LogP contribution < -0.4 is 0 Å². The van der Waals surface area contributed by atoms with Crippen molar-refractivity contribution in [3.05, 3.63) is 0 Å². The maximum Gasteiger partial charge on any atom is 0.472 e. The Balaban J connectivity index is 3.48. The van der Waals surface area contributed by atoms with Gasteiger partial charge in [-0.3, -0.25) is 9.05 Å². The molecule has 3 atom stereocenters. The number of rotatable bonds is 19. The molecule has 0 aliphatic heterocycles. The van der Waals surface area contributed by atoms with Crippen LogP contribution in [0.5, 0.6) is 0 Å². The summed E-state index contributed by atoms with van der Waals surface area (Å²) in [4.78, 5) is 9.33. The molecule has 4 N–H and O–H groups in total. The lowest BCUT2D eigenvalue weighted by molar-refractivity contribution is -0.00437. The third kappa shape index (κ3) is 17.4. The Morgan fingerprint density at radius 3 is 1.85 bits per heavy atom. The SMILES string of the molecule is CCCCCCCCCCCOCC(O)COP(=O)(O)OCC(O)CO. The van der Waals surface area contributed by atoms with Gasteiger partial charge < -0.3 is 24.9 Å². The van der Waals surface area contributed by atoms with Gasteiger partial charge in [-0.15, -0.1) is 0 Å². The first kappa shape index (κ1) is 26.0. The highest BCUT2D eigenvalue weighted by atomic mass is 31.2. The second kappa shape index (κ2) is 17.1. The van der Waals surface area contributed by atoms with Crippen LogP contribution in [0, 0.1) is 0 Å². The van der Waals surface area contributed by atoms with E-state index in [1.807, 2.05) is 0 Å². The van der Waals surface area contributed by atoms with Gasteiger partial charge in [-0.2, -0.15) is 0 Å². The average molecular weight is 400 g/mol. The lowest BCUT2D eigenvalue weighted by Crippen LogP contribution is -2.23. The zero-order valence-corrected chi connectivity index (χ0v) is 16.8. The van der Waals surface area contributed by atoms with Crippen molar-refractivity contribution in [2.45, 2.75) is 76.9 Å². The summed E-state index contributed by atoms with van der Waals surface area (Å²) in [5.74, 6) is 0. The molecule has 0 aliphatic carbocycles. The molecule has 0 aromatic carbocycles. The number of aliphatic hydroxyl groups is 3. The first-order chi connectivity index (χ1) is 12.4. The van der Waals surface area contributed by atoms with Gasteiger partial charge in [-0.25, -0.2) is 4.57 Å². The van der Waals surface area contributed by atoms with Crippen molar-refractivity contribution < 1.29 is 38.6 Å². The molecule has 0 saturated carbocycles. The summed E-state index contributed by atoms with van der Waals surface area (Å²) < 4.78 is 25.9. The molecular weight excluding hydrogens is 363 g/mol. The quantitative estimate of drug-likeness (QED) is 0.192. The van der Waals surface area contributed by atoms with Crippen LogP contribution in [0.3, 0.4) is 0 Å². The molecule has 0 rings (SSSR count). The van der Waals surface area contributed by atoms with Crippen molar-refractivity contribution in [1.29, 1.82) is 0 Å². The minimum Gasteiger partial charge on any atom is -0.394 e. The van der Waals surface area contributed by atoms with Crippen molar-refractivity contribution in [1.82, 2.24) is 0 Å². The monoisotopic (exact) mass is 400 g/mol. The van der Waals surface area contributed by atoms with Crippen LogP contribution in [0.4, 0.5) is 0 Å². The van der Waals surface area contributed by atoms with Gasteiger partial charge >= 0.3 is 7.82 Å². The van der Waals surface area contributed by atoms with Crippen molar-refractivity contribution in [3.8, 4) is 0 Å². The number of aliphatic hydroxyl groups excluding tert-OH is 3. The van der Waals surface area contributed by atoms with Crippen molar-refractivity contribution >= 4 is 7.82 Å². The molecule has 0 aromatic heterocycles. The van der Waals surface area contributed by atoms with E-state index in [2.05, 4.69) is 16.0 Å². The highest BCUT2D eigenvalue weighted by molar-refractivity contribution is 7.47. The molecule has 0 fully saturated rings. The van der Waals surface area contributed by atoms with Gasteiger partial charge in [0.05, 0.1) is 26.4 Å². The van der Waals surface area contributed by atoms with Gasteiger partial charge in [0.25, 0.3) is 0 Å². The number of ether oxygens (including phenoxy) is 1. The van der Waals surface area contributed by atoms with E-state index in [0.29, 0.717) is 6.61 Å². The standard InChI is InChI=1S/C17H37O8P/c1-2-3-4-5-6-7-8-9-10-11-23-13-17(20)15-25-26(21,22)24-14-16(19)12-18/h16-20H,2-15H2,1H3,(H,21,22). The second-order valence-electron chi connectivity index (χ2n) is 6.45. The highest BCUT2D eigenvalue weighted by Gasteiger charge is 2.24. The molecule has 0 saturated heterocycles. The third-order valence-electron chi connectivity index (χ3n) is 3.77. The van der Waals surface area contributed by atoms with Crippen LogP contribution in [0.15, 0.2) is 0 Å².